The Bertz CT molecular complexity index is 1110. The molecule has 2 heterocycles. The fraction of sp³-hybridized carbons (Fsp3) is 0.294. The second-order valence-electron chi connectivity index (χ2n) is 6.51. The average Bonchev–Trinajstić information content (AvgIpc) is 3.34. The number of H-pyrrole nitrogens is 1. The Morgan fingerprint density at radius 2 is 2.11 bits per heavy atom. The predicted octanol–water partition coefficient (Wildman–Crippen LogP) is 2.90. The first-order valence-electron chi connectivity index (χ1n) is 8.40. The number of nitrogens with zero attached hydrogens (tertiary/aromatic N) is 3. The number of amides is 1. The van der Waals surface area contributed by atoms with E-state index in [1.54, 1.807) is 0 Å². The molecule has 8 nitrogen and oxygen atoms in total. The Labute approximate surface area is 155 Å². The van der Waals surface area contributed by atoms with E-state index in [2.05, 4.69) is 20.5 Å². The number of nitrogens with one attached hydrogen (secondary N) is 2. The van der Waals surface area contributed by atoms with Gasteiger partial charge in [-0.25, -0.2) is 27.5 Å². The highest BCUT2D eigenvalue weighted by Gasteiger charge is 2.37. The van der Waals surface area contributed by atoms with Crippen LogP contribution in [-0.4, -0.2) is 30.9 Å². The second-order valence-corrected chi connectivity index (χ2v) is 6.51. The second kappa shape index (κ2) is 6.66. The maximum absolute atomic E-state index is 13.9. The van der Waals surface area contributed by atoms with Crippen molar-refractivity contribution in [2.24, 2.45) is 5.92 Å². The molecule has 0 radical (unpaired) electrons. The standard InChI is InChI=1S/C17H14F3N5O3/c18-8-5-9(14(19)20)13-10(6-8)16(26)25(11-3-4-21-24-11)15(22-13)12(7-1-2-7)23-17(27)28/h3-7,12,14,23H,1-2H2,(H,21,24)(H,27,28). The Morgan fingerprint density at radius 3 is 2.68 bits per heavy atom. The molecule has 1 aliphatic rings. The number of carbonyl (C=O) groups is 1. The number of aromatic nitrogens is 4. The maximum atomic E-state index is 13.9. The molecule has 1 saturated carbocycles. The van der Waals surface area contributed by atoms with Gasteiger partial charge in [-0.05, 0) is 30.9 Å². The van der Waals surface area contributed by atoms with Crippen LogP contribution in [0.1, 0.15) is 36.7 Å². The summed E-state index contributed by atoms with van der Waals surface area (Å²) in [5.41, 5.74) is -1.89. The number of hydrogen-bond acceptors (Lipinski definition) is 4. The minimum Gasteiger partial charge on any atom is -0.465 e. The summed E-state index contributed by atoms with van der Waals surface area (Å²) in [5.74, 6) is -1.02. The minimum absolute atomic E-state index is 0.0554. The molecule has 0 spiro atoms. The molecule has 2 aromatic heterocycles. The van der Waals surface area contributed by atoms with Crippen molar-refractivity contribution in [3.63, 3.8) is 0 Å². The molecule has 4 rings (SSSR count). The van der Waals surface area contributed by atoms with E-state index >= 15 is 0 Å². The van der Waals surface area contributed by atoms with Crippen LogP contribution >= 0.6 is 0 Å². The summed E-state index contributed by atoms with van der Waals surface area (Å²) in [6.45, 7) is 0. The van der Waals surface area contributed by atoms with E-state index < -0.39 is 35.5 Å². The first kappa shape index (κ1) is 18.0. The van der Waals surface area contributed by atoms with Gasteiger partial charge in [0.1, 0.15) is 17.5 Å². The van der Waals surface area contributed by atoms with Crippen molar-refractivity contribution in [2.75, 3.05) is 0 Å². The van der Waals surface area contributed by atoms with Crippen molar-refractivity contribution in [1.82, 2.24) is 25.1 Å². The Hall–Kier alpha value is -3.37. The van der Waals surface area contributed by atoms with Gasteiger partial charge in [-0.3, -0.25) is 9.89 Å². The van der Waals surface area contributed by atoms with Gasteiger partial charge in [-0.15, -0.1) is 0 Å². The number of rotatable bonds is 5. The number of alkyl halides is 2. The van der Waals surface area contributed by atoms with E-state index in [1.165, 1.54) is 12.3 Å². The third-order valence-electron chi connectivity index (χ3n) is 4.61. The van der Waals surface area contributed by atoms with Gasteiger partial charge >= 0.3 is 6.09 Å². The Kier molecular flexibility index (Phi) is 4.28. The lowest BCUT2D eigenvalue weighted by atomic mass is 10.1. The van der Waals surface area contributed by atoms with E-state index in [-0.39, 0.29) is 28.5 Å². The molecule has 11 heteroatoms. The summed E-state index contributed by atoms with van der Waals surface area (Å²) < 4.78 is 41.8. The van der Waals surface area contributed by atoms with Crippen LogP contribution in [0.3, 0.4) is 0 Å². The fourth-order valence-electron chi connectivity index (χ4n) is 3.23. The molecule has 0 saturated heterocycles. The summed E-state index contributed by atoms with van der Waals surface area (Å²) in [6.07, 6.45) is -1.66. The molecule has 146 valence electrons. The van der Waals surface area contributed by atoms with Gasteiger partial charge in [-0.2, -0.15) is 5.10 Å². The van der Waals surface area contributed by atoms with Gasteiger partial charge in [0.15, 0.2) is 0 Å². The molecule has 3 aromatic rings. The minimum atomic E-state index is -3.06. The number of hydrogen-bond donors (Lipinski definition) is 3. The highest BCUT2D eigenvalue weighted by atomic mass is 19.3. The monoisotopic (exact) mass is 393 g/mol. The Morgan fingerprint density at radius 1 is 1.36 bits per heavy atom. The van der Waals surface area contributed by atoms with Crippen molar-refractivity contribution < 1.29 is 23.1 Å². The van der Waals surface area contributed by atoms with Crippen molar-refractivity contribution >= 4 is 17.0 Å². The number of aromatic amines is 1. The number of halogens is 3. The van der Waals surface area contributed by atoms with Crippen LogP contribution in [-0.2, 0) is 0 Å². The fourth-order valence-corrected chi connectivity index (χ4v) is 3.23. The van der Waals surface area contributed by atoms with Crippen LogP contribution in [0.25, 0.3) is 16.7 Å². The maximum Gasteiger partial charge on any atom is 0.405 e. The van der Waals surface area contributed by atoms with Gasteiger partial charge in [0.25, 0.3) is 12.0 Å². The van der Waals surface area contributed by atoms with Crippen LogP contribution in [0.4, 0.5) is 18.0 Å². The van der Waals surface area contributed by atoms with E-state index in [0.29, 0.717) is 18.9 Å². The first-order chi connectivity index (χ1) is 13.4. The summed E-state index contributed by atoms with van der Waals surface area (Å²) in [7, 11) is 0. The lowest BCUT2D eigenvalue weighted by Crippen LogP contribution is -2.35. The summed E-state index contributed by atoms with van der Waals surface area (Å²) in [5, 5.41) is 17.5. The van der Waals surface area contributed by atoms with Crippen LogP contribution < -0.4 is 10.9 Å². The topological polar surface area (TPSA) is 113 Å². The summed E-state index contributed by atoms with van der Waals surface area (Å²) in [4.78, 5) is 28.6. The quantitative estimate of drug-likeness (QED) is 0.617. The van der Waals surface area contributed by atoms with Crippen molar-refractivity contribution in [3.8, 4) is 5.82 Å². The lowest BCUT2D eigenvalue weighted by Gasteiger charge is -2.21. The van der Waals surface area contributed by atoms with Gasteiger partial charge in [0.2, 0.25) is 0 Å². The van der Waals surface area contributed by atoms with E-state index in [0.717, 1.165) is 10.6 Å². The third kappa shape index (κ3) is 3.08. The molecule has 1 amide bonds. The molecule has 1 atom stereocenters. The van der Waals surface area contributed by atoms with Crippen molar-refractivity contribution in [2.45, 2.75) is 25.3 Å². The van der Waals surface area contributed by atoms with Gasteiger partial charge < -0.3 is 10.4 Å². The highest BCUT2D eigenvalue weighted by molar-refractivity contribution is 5.82. The molecular formula is C17H14F3N5O3. The van der Waals surface area contributed by atoms with Crippen LogP contribution in [0.15, 0.2) is 29.2 Å². The van der Waals surface area contributed by atoms with Crippen molar-refractivity contribution in [3.05, 3.63) is 52.0 Å². The molecule has 1 aliphatic carbocycles. The molecule has 1 unspecified atom stereocenters. The third-order valence-corrected chi connectivity index (χ3v) is 4.61. The van der Waals surface area contributed by atoms with E-state index in [4.69, 9.17) is 0 Å². The van der Waals surface area contributed by atoms with Crippen molar-refractivity contribution in [1.29, 1.82) is 0 Å². The number of benzene rings is 1. The molecule has 1 aromatic carbocycles. The van der Waals surface area contributed by atoms with Crippen LogP contribution in [0, 0.1) is 11.7 Å². The van der Waals surface area contributed by atoms with Gasteiger partial charge in [0, 0.05) is 11.6 Å². The molecule has 0 bridgehead atoms. The largest absolute Gasteiger partial charge is 0.465 e. The molecular weight excluding hydrogens is 379 g/mol. The predicted molar refractivity (Wildman–Crippen MR) is 91.0 cm³/mol. The smallest absolute Gasteiger partial charge is 0.405 e. The molecule has 3 N–H and O–H groups in total. The zero-order chi connectivity index (χ0) is 20.0. The van der Waals surface area contributed by atoms with Crippen LogP contribution in [0.5, 0.6) is 0 Å². The van der Waals surface area contributed by atoms with E-state index in [9.17, 15) is 27.9 Å². The number of carboxylic acid groups (broad SMARTS) is 1. The number of fused-ring (bicyclic) bond motifs is 1. The molecule has 1 fully saturated rings. The summed E-state index contributed by atoms with van der Waals surface area (Å²) in [6, 6.07) is 2.01. The zero-order valence-electron chi connectivity index (χ0n) is 14.2. The zero-order valence-corrected chi connectivity index (χ0v) is 14.2. The van der Waals surface area contributed by atoms with Gasteiger partial charge in [-0.1, -0.05) is 0 Å². The normalized spacial score (nSPS) is 15.1. The lowest BCUT2D eigenvalue weighted by molar-refractivity contribution is 0.152. The van der Waals surface area contributed by atoms with Gasteiger partial charge in [0.05, 0.1) is 23.1 Å². The molecule has 0 aliphatic heterocycles. The average molecular weight is 393 g/mol. The first-order valence-corrected chi connectivity index (χ1v) is 8.40. The summed E-state index contributed by atoms with van der Waals surface area (Å²) >= 11 is 0. The van der Waals surface area contributed by atoms with Crippen LogP contribution in [0.2, 0.25) is 0 Å². The highest BCUT2D eigenvalue weighted by Crippen LogP contribution is 2.41. The SMILES string of the molecule is O=C(O)NC(c1nc2c(C(F)F)cc(F)cc2c(=O)n1-c1ccn[nH]1)C1CC1. The Balaban J connectivity index is 2.07. The van der Waals surface area contributed by atoms with E-state index in [1.807, 2.05) is 0 Å². The molecule has 28 heavy (non-hydrogen) atoms.